The Bertz CT molecular complexity index is 528. The Morgan fingerprint density at radius 3 is 2.48 bits per heavy atom. The Labute approximate surface area is 122 Å². The molecule has 7 heteroatoms. The van der Waals surface area contributed by atoms with Crippen molar-refractivity contribution in [2.75, 3.05) is 26.2 Å². The lowest BCUT2D eigenvalue weighted by Gasteiger charge is -2.36. The molecule has 0 bridgehead atoms. The topological polar surface area (TPSA) is 89.5 Å². The average molecular weight is 292 g/mol. The number of nitrogens with zero attached hydrogens (tertiary/aromatic N) is 3. The van der Waals surface area contributed by atoms with E-state index in [2.05, 4.69) is 14.9 Å². The van der Waals surface area contributed by atoms with Gasteiger partial charge >= 0.3 is 5.97 Å². The third-order valence-corrected chi connectivity index (χ3v) is 4.46. The molecule has 2 saturated heterocycles. The second kappa shape index (κ2) is 5.85. The van der Waals surface area contributed by atoms with Gasteiger partial charge in [0.2, 0.25) is 0 Å². The van der Waals surface area contributed by atoms with Crippen molar-refractivity contribution >= 4 is 11.9 Å². The molecular formula is C14H20N4O3. The lowest BCUT2D eigenvalue weighted by Crippen LogP contribution is -2.46. The molecule has 2 aliphatic heterocycles. The number of piperidine rings is 1. The number of hydrogen-bond acceptors (Lipinski definition) is 4. The SMILES string of the molecule is O=C(O)c1[nH]cnc1C(=O)N1CCC(N2CCCC2)CC1. The van der Waals surface area contributed by atoms with Crippen molar-refractivity contribution in [2.45, 2.75) is 31.7 Å². The standard InChI is InChI=1S/C14H20N4O3/c19-13(11-12(14(20)21)16-9-15-11)18-7-3-10(4-8-18)17-5-1-2-6-17/h9-10H,1-8H2,(H,15,16)(H,20,21). The smallest absolute Gasteiger partial charge is 0.354 e. The number of aromatic carboxylic acids is 1. The van der Waals surface area contributed by atoms with Crippen LogP contribution in [-0.2, 0) is 0 Å². The predicted octanol–water partition coefficient (Wildman–Crippen LogP) is 0.808. The predicted molar refractivity (Wildman–Crippen MR) is 75.3 cm³/mol. The summed E-state index contributed by atoms with van der Waals surface area (Å²) in [6.07, 6.45) is 5.72. The van der Waals surface area contributed by atoms with E-state index in [1.54, 1.807) is 4.90 Å². The molecule has 3 rings (SSSR count). The fourth-order valence-corrected chi connectivity index (χ4v) is 3.31. The second-order valence-electron chi connectivity index (χ2n) is 5.70. The molecule has 0 aromatic carbocycles. The molecule has 0 saturated carbocycles. The number of nitrogens with one attached hydrogen (secondary N) is 1. The van der Waals surface area contributed by atoms with Crippen LogP contribution >= 0.6 is 0 Å². The van der Waals surface area contributed by atoms with Crippen LogP contribution in [0.25, 0.3) is 0 Å². The van der Waals surface area contributed by atoms with Gasteiger partial charge in [0.1, 0.15) is 0 Å². The molecule has 114 valence electrons. The number of amides is 1. The zero-order chi connectivity index (χ0) is 14.8. The van der Waals surface area contributed by atoms with Crippen molar-refractivity contribution in [3.8, 4) is 0 Å². The van der Waals surface area contributed by atoms with Gasteiger partial charge in [-0.1, -0.05) is 0 Å². The number of carbonyl (C=O) groups is 2. The van der Waals surface area contributed by atoms with Crippen molar-refractivity contribution in [3.05, 3.63) is 17.7 Å². The van der Waals surface area contributed by atoms with Gasteiger partial charge in [-0.2, -0.15) is 0 Å². The Kier molecular flexibility index (Phi) is 3.92. The highest BCUT2D eigenvalue weighted by Gasteiger charge is 2.31. The van der Waals surface area contributed by atoms with E-state index in [1.165, 1.54) is 32.3 Å². The van der Waals surface area contributed by atoms with Crippen LogP contribution in [0, 0.1) is 0 Å². The lowest BCUT2D eigenvalue weighted by atomic mass is 10.0. The van der Waals surface area contributed by atoms with Crippen LogP contribution in [0.5, 0.6) is 0 Å². The zero-order valence-electron chi connectivity index (χ0n) is 11.9. The van der Waals surface area contributed by atoms with Gasteiger partial charge in [-0.15, -0.1) is 0 Å². The highest BCUT2D eigenvalue weighted by Crippen LogP contribution is 2.22. The van der Waals surface area contributed by atoms with E-state index in [0.717, 1.165) is 12.8 Å². The quantitative estimate of drug-likeness (QED) is 0.860. The summed E-state index contributed by atoms with van der Waals surface area (Å²) in [5.41, 5.74) is -0.108. The zero-order valence-corrected chi connectivity index (χ0v) is 11.9. The number of carbonyl (C=O) groups excluding carboxylic acids is 1. The summed E-state index contributed by atoms with van der Waals surface area (Å²) >= 11 is 0. The Morgan fingerprint density at radius 2 is 1.86 bits per heavy atom. The number of imidazole rings is 1. The minimum Gasteiger partial charge on any atom is -0.477 e. The molecule has 1 amide bonds. The van der Waals surface area contributed by atoms with Gasteiger partial charge in [-0.25, -0.2) is 9.78 Å². The van der Waals surface area contributed by atoms with Crippen LogP contribution in [0.1, 0.15) is 46.7 Å². The Morgan fingerprint density at radius 1 is 1.19 bits per heavy atom. The molecule has 2 aliphatic rings. The van der Waals surface area contributed by atoms with Gasteiger partial charge < -0.3 is 19.9 Å². The number of aromatic amines is 1. The van der Waals surface area contributed by atoms with Crippen molar-refractivity contribution in [3.63, 3.8) is 0 Å². The van der Waals surface area contributed by atoms with E-state index in [1.807, 2.05) is 0 Å². The summed E-state index contributed by atoms with van der Waals surface area (Å²) in [5, 5.41) is 9.04. The fourth-order valence-electron chi connectivity index (χ4n) is 3.31. The monoisotopic (exact) mass is 292 g/mol. The van der Waals surface area contributed by atoms with Gasteiger partial charge in [0.05, 0.1) is 6.33 Å². The highest BCUT2D eigenvalue weighted by molar-refractivity contribution is 6.02. The highest BCUT2D eigenvalue weighted by atomic mass is 16.4. The number of likely N-dealkylation sites (tertiary alicyclic amines) is 2. The van der Waals surface area contributed by atoms with E-state index in [4.69, 9.17) is 5.11 Å². The molecule has 0 spiro atoms. The third-order valence-electron chi connectivity index (χ3n) is 4.46. The molecule has 0 aliphatic carbocycles. The summed E-state index contributed by atoms with van der Waals surface area (Å²) in [7, 11) is 0. The minimum atomic E-state index is -1.15. The average Bonchev–Trinajstić information content (AvgIpc) is 3.18. The normalized spacial score (nSPS) is 20.9. The molecule has 0 radical (unpaired) electrons. The van der Waals surface area contributed by atoms with Crippen LogP contribution in [-0.4, -0.2) is 69.0 Å². The first-order valence-corrected chi connectivity index (χ1v) is 7.47. The molecule has 21 heavy (non-hydrogen) atoms. The maximum Gasteiger partial charge on any atom is 0.354 e. The molecule has 1 aromatic rings. The number of carboxylic acids is 1. The summed E-state index contributed by atoms with van der Waals surface area (Å²) in [5.74, 6) is -1.43. The van der Waals surface area contributed by atoms with Gasteiger partial charge in [0, 0.05) is 19.1 Å². The molecule has 0 atom stereocenters. The van der Waals surface area contributed by atoms with E-state index in [9.17, 15) is 9.59 Å². The van der Waals surface area contributed by atoms with E-state index in [0.29, 0.717) is 19.1 Å². The lowest BCUT2D eigenvalue weighted by molar-refractivity contribution is 0.0615. The van der Waals surface area contributed by atoms with Crippen molar-refractivity contribution in [2.24, 2.45) is 0 Å². The van der Waals surface area contributed by atoms with Crippen LogP contribution in [0.4, 0.5) is 0 Å². The van der Waals surface area contributed by atoms with Gasteiger partial charge in [-0.05, 0) is 38.8 Å². The number of rotatable bonds is 3. The fraction of sp³-hybridized carbons (Fsp3) is 0.643. The number of carboxylic acid groups (broad SMARTS) is 1. The van der Waals surface area contributed by atoms with Crippen molar-refractivity contribution in [1.29, 1.82) is 0 Å². The maximum absolute atomic E-state index is 12.4. The summed E-state index contributed by atoms with van der Waals surface area (Å²) in [6, 6.07) is 0.565. The first-order valence-electron chi connectivity index (χ1n) is 7.47. The van der Waals surface area contributed by atoms with Crippen molar-refractivity contribution in [1.82, 2.24) is 19.8 Å². The Hall–Kier alpha value is -1.89. The molecule has 0 unspecified atom stereocenters. The van der Waals surface area contributed by atoms with Gasteiger partial charge in [-0.3, -0.25) is 4.79 Å². The molecule has 1 aromatic heterocycles. The third kappa shape index (κ3) is 2.78. The molecule has 2 N–H and O–H groups in total. The number of hydrogen-bond donors (Lipinski definition) is 2. The Balaban J connectivity index is 1.62. The summed E-state index contributed by atoms with van der Waals surface area (Å²) in [6.45, 7) is 3.68. The number of H-pyrrole nitrogens is 1. The largest absolute Gasteiger partial charge is 0.477 e. The van der Waals surface area contributed by atoms with Crippen LogP contribution in [0.3, 0.4) is 0 Å². The van der Waals surface area contributed by atoms with E-state index in [-0.39, 0.29) is 17.3 Å². The molecule has 7 nitrogen and oxygen atoms in total. The van der Waals surface area contributed by atoms with Crippen molar-refractivity contribution < 1.29 is 14.7 Å². The van der Waals surface area contributed by atoms with Crippen LogP contribution < -0.4 is 0 Å². The minimum absolute atomic E-state index is 0.0159. The first kappa shape index (κ1) is 14.1. The maximum atomic E-state index is 12.4. The summed E-state index contributed by atoms with van der Waals surface area (Å²) < 4.78 is 0. The van der Waals surface area contributed by atoms with Gasteiger partial charge in [0.15, 0.2) is 11.4 Å². The van der Waals surface area contributed by atoms with Crippen LogP contribution in [0.2, 0.25) is 0 Å². The number of aromatic nitrogens is 2. The van der Waals surface area contributed by atoms with Crippen LogP contribution in [0.15, 0.2) is 6.33 Å². The van der Waals surface area contributed by atoms with Gasteiger partial charge in [0.25, 0.3) is 5.91 Å². The molecule has 3 heterocycles. The second-order valence-corrected chi connectivity index (χ2v) is 5.70. The molecule has 2 fully saturated rings. The summed E-state index contributed by atoms with van der Waals surface area (Å²) in [4.78, 5) is 34.0. The first-order chi connectivity index (χ1) is 10.2. The van der Waals surface area contributed by atoms with E-state index >= 15 is 0 Å². The molecular weight excluding hydrogens is 272 g/mol. The van der Waals surface area contributed by atoms with E-state index < -0.39 is 5.97 Å².